The number of esters is 1. The average Bonchev–Trinajstić information content (AvgIpc) is 3.07. The molecule has 25 heavy (non-hydrogen) atoms. The third-order valence-corrected chi connectivity index (χ3v) is 3.98. The van der Waals surface area contributed by atoms with Gasteiger partial charge < -0.3 is 19.5 Å². The summed E-state index contributed by atoms with van der Waals surface area (Å²) in [7, 11) is 0. The van der Waals surface area contributed by atoms with Gasteiger partial charge in [-0.2, -0.15) is 0 Å². The number of benzene rings is 1. The molecule has 2 aromatic rings. The molecule has 1 aromatic carbocycles. The molecule has 1 aliphatic heterocycles. The van der Waals surface area contributed by atoms with Crippen LogP contribution in [0.25, 0.3) is 0 Å². The Balaban J connectivity index is 1.53. The highest BCUT2D eigenvalue weighted by Gasteiger charge is 2.17. The lowest BCUT2D eigenvalue weighted by Gasteiger charge is -2.15. The van der Waals surface area contributed by atoms with Gasteiger partial charge in [-0.1, -0.05) is 6.07 Å². The summed E-state index contributed by atoms with van der Waals surface area (Å²) in [5.41, 5.74) is 1.13. The number of hydrogen-bond donors (Lipinski definition) is 1. The molecule has 8 heteroatoms. The van der Waals surface area contributed by atoms with E-state index in [1.807, 2.05) is 19.1 Å². The fourth-order valence-electron chi connectivity index (χ4n) is 2.29. The molecule has 1 amide bonds. The van der Waals surface area contributed by atoms with E-state index in [0.29, 0.717) is 16.0 Å². The summed E-state index contributed by atoms with van der Waals surface area (Å²) in [6.45, 7) is 1.65. The molecule has 0 spiro atoms. The number of pyridine rings is 1. The van der Waals surface area contributed by atoms with Crippen LogP contribution in [0.1, 0.15) is 28.9 Å². The van der Waals surface area contributed by atoms with Gasteiger partial charge in [-0.25, -0.2) is 4.79 Å². The number of amides is 1. The molecular weight excluding hydrogens is 392 g/mol. The SMILES string of the molecule is CC(NC(=O)COC(=O)c1cncc(Br)c1)c1ccc2c(c1)OCO2. The summed E-state index contributed by atoms with van der Waals surface area (Å²) < 4.78 is 16.2. The van der Waals surface area contributed by atoms with Gasteiger partial charge in [0, 0.05) is 16.9 Å². The maximum atomic E-state index is 12.0. The zero-order valence-corrected chi connectivity index (χ0v) is 14.9. The maximum absolute atomic E-state index is 12.0. The Bertz CT molecular complexity index is 811. The van der Waals surface area contributed by atoms with E-state index in [9.17, 15) is 9.59 Å². The van der Waals surface area contributed by atoms with E-state index >= 15 is 0 Å². The second-order valence-corrected chi connectivity index (χ2v) is 6.29. The lowest BCUT2D eigenvalue weighted by atomic mass is 10.1. The lowest BCUT2D eigenvalue weighted by Crippen LogP contribution is -2.31. The van der Waals surface area contributed by atoms with E-state index in [-0.39, 0.29) is 25.0 Å². The topological polar surface area (TPSA) is 86.8 Å². The predicted molar refractivity (Wildman–Crippen MR) is 91.3 cm³/mol. The molecule has 1 aromatic heterocycles. The molecular formula is C17H15BrN2O5. The highest BCUT2D eigenvalue weighted by Crippen LogP contribution is 2.34. The van der Waals surface area contributed by atoms with Crippen molar-refractivity contribution >= 4 is 27.8 Å². The van der Waals surface area contributed by atoms with Crippen LogP contribution >= 0.6 is 15.9 Å². The fourth-order valence-corrected chi connectivity index (χ4v) is 2.65. The molecule has 1 aliphatic rings. The van der Waals surface area contributed by atoms with Gasteiger partial charge in [0.05, 0.1) is 11.6 Å². The van der Waals surface area contributed by atoms with Gasteiger partial charge >= 0.3 is 5.97 Å². The van der Waals surface area contributed by atoms with Crippen LogP contribution in [0, 0.1) is 0 Å². The van der Waals surface area contributed by atoms with E-state index in [1.54, 1.807) is 18.3 Å². The monoisotopic (exact) mass is 406 g/mol. The number of aromatic nitrogens is 1. The second kappa shape index (κ2) is 7.52. The van der Waals surface area contributed by atoms with Crippen LogP contribution in [-0.2, 0) is 9.53 Å². The quantitative estimate of drug-likeness (QED) is 0.767. The third-order valence-electron chi connectivity index (χ3n) is 3.55. The summed E-state index contributed by atoms with van der Waals surface area (Å²) in [6.07, 6.45) is 2.93. The van der Waals surface area contributed by atoms with Crippen molar-refractivity contribution < 1.29 is 23.8 Å². The normalized spacial score (nSPS) is 13.2. The number of carbonyl (C=O) groups is 2. The van der Waals surface area contributed by atoms with E-state index in [1.165, 1.54) is 6.20 Å². The van der Waals surface area contributed by atoms with Crippen molar-refractivity contribution in [1.29, 1.82) is 0 Å². The number of halogens is 1. The van der Waals surface area contributed by atoms with Crippen molar-refractivity contribution in [2.75, 3.05) is 13.4 Å². The van der Waals surface area contributed by atoms with Gasteiger partial charge in [0.1, 0.15) is 0 Å². The van der Waals surface area contributed by atoms with E-state index in [2.05, 4.69) is 26.2 Å². The Morgan fingerprint density at radius 3 is 2.88 bits per heavy atom. The first-order chi connectivity index (χ1) is 12.0. The zero-order chi connectivity index (χ0) is 17.8. The standard InChI is InChI=1S/C17H15BrN2O5/c1-10(11-2-3-14-15(5-11)25-9-24-14)20-16(21)8-23-17(22)12-4-13(18)7-19-6-12/h2-7,10H,8-9H2,1H3,(H,20,21). The molecule has 1 atom stereocenters. The zero-order valence-electron chi connectivity index (χ0n) is 13.3. The lowest BCUT2D eigenvalue weighted by molar-refractivity contribution is -0.124. The van der Waals surface area contributed by atoms with Crippen molar-refractivity contribution in [3.8, 4) is 11.5 Å². The predicted octanol–water partition coefficient (Wildman–Crippen LogP) is 2.61. The number of rotatable bonds is 5. The molecule has 0 fully saturated rings. The van der Waals surface area contributed by atoms with Crippen LogP contribution in [0.4, 0.5) is 0 Å². The van der Waals surface area contributed by atoms with E-state index in [4.69, 9.17) is 14.2 Å². The number of fused-ring (bicyclic) bond motifs is 1. The minimum absolute atomic E-state index is 0.194. The molecule has 0 radical (unpaired) electrons. The van der Waals surface area contributed by atoms with Crippen molar-refractivity contribution in [1.82, 2.24) is 10.3 Å². The van der Waals surface area contributed by atoms with Crippen LogP contribution in [0.3, 0.4) is 0 Å². The molecule has 1 N–H and O–H groups in total. The molecule has 7 nitrogen and oxygen atoms in total. The summed E-state index contributed by atoms with van der Waals surface area (Å²) in [4.78, 5) is 27.8. The van der Waals surface area contributed by atoms with Gasteiger partial charge in [-0.05, 0) is 46.6 Å². The van der Waals surface area contributed by atoms with Crippen LogP contribution in [0.2, 0.25) is 0 Å². The summed E-state index contributed by atoms with van der Waals surface area (Å²) >= 11 is 3.22. The number of ether oxygens (including phenoxy) is 3. The Morgan fingerprint density at radius 2 is 2.08 bits per heavy atom. The smallest absolute Gasteiger partial charge is 0.340 e. The summed E-state index contributed by atoms with van der Waals surface area (Å²) in [6, 6.07) is 6.75. The molecule has 0 bridgehead atoms. The van der Waals surface area contributed by atoms with Crippen molar-refractivity contribution in [3.05, 3.63) is 52.3 Å². The first-order valence-corrected chi connectivity index (χ1v) is 8.29. The largest absolute Gasteiger partial charge is 0.454 e. The maximum Gasteiger partial charge on any atom is 0.340 e. The molecule has 0 saturated heterocycles. The van der Waals surface area contributed by atoms with Crippen LogP contribution in [0.15, 0.2) is 41.1 Å². The Labute approximate surface area is 152 Å². The van der Waals surface area contributed by atoms with Gasteiger partial charge in [-0.15, -0.1) is 0 Å². The van der Waals surface area contributed by atoms with Crippen LogP contribution in [-0.4, -0.2) is 30.3 Å². The fraction of sp³-hybridized carbons (Fsp3) is 0.235. The first-order valence-electron chi connectivity index (χ1n) is 7.49. The van der Waals surface area contributed by atoms with Gasteiger partial charge in [0.25, 0.3) is 5.91 Å². The van der Waals surface area contributed by atoms with E-state index < -0.39 is 11.9 Å². The first kappa shape index (κ1) is 17.2. The minimum Gasteiger partial charge on any atom is -0.454 e. The number of nitrogens with one attached hydrogen (secondary N) is 1. The van der Waals surface area contributed by atoms with Crippen molar-refractivity contribution in [2.24, 2.45) is 0 Å². The number of carbonyl (C=O) groups excluding carboxylic acids is 2. The van der Waals surface area contributed by atoms with E-state index in [0.717, 1.165) is 5.56 Å². The number of hydrogen-bond acceptors (Lipinski definition) is 6. The average molecular weight is 407 g/mol. The molecule has 130 valence electrons. The highest BCUT2D eigenvalue weighted by molar-refractivity contribution is 9.10. The van der Waals surface area contributed by atoms with Gasteiger partial charge in [0.2, 0.25) is 6.79 Å². The Hall–Kier alpha value is -2.61. The van der Waals surface area contributed by atoms with Crippen molar-refractivity contribution in [3.63, 3.8) is 0 Å². The molecule has 2 heterocycles. The number of nitrogens with zero attached hydrogens (tertiary/aromatic N) is 1. The Morgan fingerprint density at radius 1 is 1.28 bits per heavy atom. The Kier molecular flexibility index (Phi) is 5.18. The van der Waals surface area contributed by atoms with Crippen LogP contribution < -0.4 is 14.8 Å². The molecule has 0 aliphatic carbocycles. The molecule has 1 unspecified atom stereocenters. The van der Waals surface area contributed by atoms with Gasteiger partial charge in [-0.3, -0.25) is 9.78 Å². The highest BCUT2D eigenvalue weighted by atomic mass is 79.9. The summed E-state index contributed by atoms with van der Waals surface area (Å²) in [5.74, 6) is 0.312. The third kappa shape index (κ3) is 4.27. The molecule has 3 rings (SSSR count). The molecule has 0 saturated carbocycles. The van der Waals surface area contributed by atoms with Crippen molar-refractivity contribution in [2.45, 2.75) is 13.0 Å². The minimum atomic E-state index is -0.611. The second-order valence-electron chi connectivity index (χ2n) is 5.37. The van der Waals surface area contributed by atoms with Crippen LogP contribution in [0.5, 0.6) is 11.5 Å². The van der Waals surface area contributed by atoms with Gasteiger partial charge in [0.15, 0.2) is 18.1 Å². The summed E-state index contributed by atoms with van der Waals surface area (Å²) in [5, 5.41) is 2.77.